The predicted molar refractivity (Wildman–Crippen MR) is 45.2 cm³/mol. The lowest BCUT2D eigenvalue weighted by atomic mass is 10.5. The molecule has 0 aromatic rings. The summed E-state index contributed by atoms with van der Waals surface area (Å²) < 4.78 is 11.6. The molecule has 0 saturated heterocycles. The lowest BCUT2D eigenvalue weighted by molar-refractivity contribution is 0.477. The summed E-state index contributed by atoms with van der Waals surface area (Å²) in [6.07, 6.45) is 3.97. The van der Waals surface area contributed by atoms with E-state index in [0.29, 0.717) is 18.1 Å². The van der Waals surface area contributed by atoms with E-state index in [1.165, 1.54) is 11.8 Å². The number of thioether (sulfide) groups is 1. The van der Waals surface area contributed by atoms with Gasteiger partial charge in [-0.15, -0.1) is 0 Å². The van der Waals surface area contributed by atoms with Gasteiger partial charge in [0.1, 0.15) is 0 Å². The minimum atomic E-state index is -0.363. The largest absolute Gasteiger partial charge is 0.272 e. The van der Waals surface area contributed by atoms with Gasteiger partial charge in [-0.05, 0) is 12.7 Å². The quantitative estimate of drug-likeness (QED) is 0.230. The average molecular weight is 175 g/mol. The summed E-state index contributed by atoms with van der Waals surface area (Å²) in [6.45, 7) is 0.0685. The van der Waals surface area contributed by atoms with Gasteiger partial charge in [-0.1, -0.05) is 11.8 Å². The second-order valence-electron chi connectivity index (χ2n) is 1.67. The van der Waals surface area contributed by atoms with Crippen LogP contribution in [0.25, 0.3) is 0 Å². The maximum absolute atomic E-state index is 11.6. The molecule has 0 saturated carbocycles. The Balaban J connectivity index is 3.63. The third-order valence-electron chi connectivity index (χ3n) is 0.903. The lowest BCUT2D eigenvalue weighted by Crippen LogP contribution is -2.13. The predicted octanol–water partition coefficient (Wildman–Crippen LogP) is 1.14. The SMILES string of the molecule is CSC(=NCCCF)NC#N. The molecule has 0 spiro atoms. The number of aliphatic imine (C=N–C) groups is 1. The summed E-state index contributed by atoms with van der Waals surface area (Å²) in [4.78, 5) is 3.93. The highest BCUT2D eigenvalue weighted by Crippen LogP contribution is 1.94. The van der Waals surface area contributed by atoms with Gasteiger partial charge in [0.05, 0.1) is 6.67 Å². The summed E-state index contributed by atoms with van der Waals surface area (Å²) in [7, 11) is 0. The third-order valence-corrected chi connectivity index (χ3v) is 1.52. The van der Waals surface area contributed by atoms with Crippen molar-refractivity contribution in [2.24, 2.45) is 4.99 Å². The molecule has 5 heteroatoms. The fourth-order valence-electron chi connectivity index (χ4n) is 0.443. The number of amidine groups is 1. The normalized spacial score (nSPS) is 10.8. The van der Waals surface area contributed by atoms with E-state index in [1.807, 2.05) is 0 Å². The first-order chi connectivity index (χ1) is 5.35. The number of hydrogen-bond donors (Lipinski definition) is 1. The zero-order valence-electron chi connectivity index (χ0n) is 6.30. The van der Waals surface area contributed by atoms with Crippen molar-refractivity contribution < 1.29 is 4.39 Å². The minimum absolute atomic E-state index is 0.363. The maximum Gasteiger partial charge on any atom is 0.183 e. The summed E-state index contributed by atoms with van der Waals surface area (Å²) in [5, 5.41) is 11.1. The van der Waals surface area contributed by atoms with Crippen molar-refractivity contribution in [1.82, 2.24) is 5.32 Å². The molecule has 0 aromatic carbocycles. The monoisotopic (exact) mass is 175 g/mol. The van der Waals surface area contributed by atoms with E-state index in [1.54, 1.807) is 12.4 Å². The fraction of sp³-hybridized carbons (Fsp3) is 0.667. The maximum atomic E-state index is 11.6. The Morgan fingerprint density at radius 2 is 2.55 bits per heavy atom. The van der Waals surface area contributed by atoms with Crippen molar-refractivity contribution in [3.8, 4) is 6.19 Å². The molecule has 1 N–H and O–H groups in total. The summed E-state index contributed by atoms with van der Waals surface area (Å²) >= 11 is 1.34. The molecular formula is C6H10FN3S. The first-order valence-electron chi connectivity index (χ1n) is 3.14. The Morgan fingerprint density at radius 1 is 1.82 bits per heavy atom. The molecule has 0 aliphatic rings. The first-order valence-corrected chi connectivity index (χ1v) is 4.37. The molecule has 0 unspecified atom stereocenters. The Bertz CT molecular complexity index is 164. The molecule has 0 heterocycles. The molecule has 0 bridgehead atoms. The van der Waals surface area contributed by atoms with Gasteiger partial charge in [-0.25, -0.2) is 0 Å². The standard InChI is InChI=1S/C6H10FN3S/c1-11-6(10-5-8)9-4-2-3-7/h2-4H2,1H3,(H,9,10). The van der Waals surface area contributed by atoms with Crippen molar-refractivity contribution in [2.75, 3.05) is 19.5 Å². The van der Waals surface area contributed by atoms with Gasteiger partial charge in [0.2, 0.25) is 0 Å². The van der Waals surface area contributed by atoms with E-state index >= 15 is 0 Å². The Kier molecular flexibility index (Phi) is 6.84. The van der Waals surface area contributed by atoms with Crippen molar-refractivity contribution in [2.45, 2.75) is 6.42 Å². The van der Waals surface area contributed by atoms with Crippen LogP contribution in [-0.2, 0) is 0 Å². The lowest BCUT2D eigenvalue weighted by Gasteiger charge is -1.97. The van der Waals surface area contributed by atoms with Crippen LogP contribution in [0.2, 0.25) is 0 Å². The van der Waals surface area contributed by atoms with Crippen LogP contribution in [0.1, 0.15) is 6.42 Å². The first kappa shape index (κ1) is 10.2. The van der Waals surface area contributed by atoms with Gasteiger partial charge in [-0.3, -0.25) is 14.7 Å². The minimum Gasteiger partial charge on any atom is -0.272 e. The molecule has 0 rings (SSSR count). The van der Waals surface area contributed by atoms with E-state index in [2.05, 4.69) is 10.3 Å². The highest BCUT2D eigenvalue weighted by molar-refractivity contribution is 8.13. The number of alkyl halides is 1. The van der Waals surface area contributed by atoms with Gasteiger partial charge in [0.25, 0.3) is 0 Å². The molecule has 0 fully saturated rings. The third kappa shape index (κ3) is 5.67. The molecule has 0 atom stereocenters. The number of nitriles is 1. The van der Waals surface area contributed by atoms with Crippen LogP contribution in [0.5, 0.6) is 0 Å². The summed E-state index contributed by atoms with van der Waals surface area (Å²) in [5.41, 5.74) is 0. The van der Waals surface area contributed by atoms with Gasteiger partial charge < -0.3 is 0 Å². The second kappa shape index (κ2) is 7.35. The van der Waals surface area contributed by atoms with E-state index in [9.17, 15) is 4.39 Å². The number of nitrogens with zero attached hydrogens (tertiary/aromatic N) is 2. The number of hydrogen-bond acceptors (Lipinski definition) is 3. The van der Waals surface area contributed by atoms with Gasteiger partial charge in [0, 0.05) is 6.54 Å². The average Bonchev–Trinajstić information content (AvgIpc) is 2.03. The van der Waals surface area contributed by atoms with Crippen LogP contribution in [-0.4, -0.2) is 24.6 Å². The Labute approximate surface area is 69.7 Å². The van der Waals surface area contributed by atoms with Crippen LogP contribution in [0.3, 0.4) is 0 Å². The highest BCUT2D eigenvalue weighted by Gasteiger charge is 1.92. The van der Waals surface area contributed by atoms with Crippen LogP contribution in [0.15, 0.2) is 4.99 Å². The number of nitrogens with one attached hydrogen (secondary N) is 1. The van der Waals surface area contributed by atoms with Gasteiger partial charge in [0.15, 0.2) is 11.4 Å². The molecule has 0 aromatic heterocycles. The molecule has 0 aliphatic carbocycles. The van der Waals surface area contributed by atoms with Crippen LogP contribution >= 0.6 is 11.8 Å². The molecule has 0 aliphatic heterocycles. The Morgan fingerprint density at radius 3 is 3.00 bits per heavy atom. The van der Waals surface area contributed by atoms with Crippen LogP contribution in [0, 0.1) is 11.5 Å². The second-order valence-corrected chi connectivity index (χ2v) is 2.47. The van der Waals surface area contributed by atoms with Crippen LogP contribution in [0.4, 0.5) is 4.39 Å². The Hall–Kier alpha value is -0.760. The van der Waals surface area contributed by atoms with E-state index in [-0.39, 0.29) is 6.67 Å². The molecule has 0 radical (unpaired) electrons. The molecule has 3 nitrogen and oxygen atoms in total. The van der Waals surface area contributed by atoms with E-state index in [0.717, 1.165) is 0 Å². The smallest absolute Gasteiger partial charge is 0.183 e. The van der Waals surface area contributed by atoms with Crippen molar-refractivity contribution in [1.29, 1.82) is 5.26 Å². The zero-order valence-corrected chi connectivity index (χ0v) is 7.12. The van der Waals surface area contributed by atoms with Crippen molar-refractivity contribution >= 4 is 16.9 Å². The molecular weight excluding hydrogens is 165 g/mol. The highest BCUT2D eigenvalue weighted by atomic mass is 32.2. The van der Waals surface area contributed by atoms with E-state index < -0.39 is 0 Å². The van der Waals surface area contributed by atoms with Gasteiger partial charge in [-0.2, -0.15) is 5.26 Å². The molecule has 11 heavy (non-hydrogen) atoms. The summed E-state index contributed by atoms with van der Waals surface area (Å²) in [5.74, 6) is 0. The van der Waals surface area contributed by atoms with Crippen LogP contribution < -0.4 is 5.32 Å². The van der Waals surface area contributed by atoms with Crippen molar-refractivity contribution in [3.05, 3.63) is 0 Å². The van der Waals surface area contributed by atoms with E-state index in [4.69, 9.17) is 5.26 Å². The number of rotatable bonds is 3. The number of halogens is 1. The van der Waals surface area contributed by atoms with Gasteiger partial charge >= 0.3 is 0 Å². The molecule has 0 amide bonds. The van der Waals surface area contributed by atoms with Crippen molar-refractivity contribution in [3.63, 3.8) is 0 Å². The zero-order chi connectivity index (χ0) is 8.53. The topological polar surface area (TPSA) is 48.2 Å². The fourth-order valence-corrected chi connectivity index (χ4v) is 0.811. The molecule has 62 valence electrons. The summed E-state index contributed by atoms with van der Waals surface area (Å²) in [6, 6.07) is 0.